The van der Waals surface area contributed by atoms with Gasteiger partial charge in [-0.1, -0.05) is 37.0 Å². The highest BCUT2D eigenvalue weighted by atomic mass is 35.5. The zero-order valence-corrected chi connectivity index (χ0v) is 13.3. The minimum absolute atomic E-state index is 0.0729. The Morgan fingerprint density at radius 1 is 1.40 bits per heavy atom. The fourth-order valence-electron chi connectivity index (χ4n) is 2.65. The van der Waals surface area contributed by atoms with Crippen molar-refractivity contribution < 1.29 is 9.84 Å². The third kappa shape index (κ3) is 3.79. The summed E-state index contributed by atoms with van der Waals surface area (Å²) in [5.41, 5.74) is 0.982. The minimum Gasteiger partial charge on any atom is -0.492 e. The first-order chi connectivity index (χ1) is 9.51. The van der Waals surface area contributed by atoms with Crippen molar-refractivity contribution >= 4 is 23.2 Å². The van der Waals surface area contributed by atoms with E-state index in [-0.39, 0.29) is 18.7 Å². The molecule has 1 aliphatic rings. The molecule has 0 fully saturated rings. The van der Waals surface area contributed by atoms with Gasteiger partial charge in [-0.25, -0.2) is 0 Å². The van der Waals surface area contributed by atoms with E-state index in [1.165, 1.54) is 0 Å². The molecule has 1 aromatic carbocycles. The van der Waals surface area contributed by atoms with Crippen LogP contribution in [-0.2, 0) is 0 Å². The van der Waals surface area contributed by atoms with Crippen LogP contribution < -0.4 is 10.1 Å². The Bertz CT molecular complexity index is 465. The lowest BCUT2D eigenvalue weighted by atomic mass is 9.97. The van der Waals surface area contributed by atoms with Gasteiger partial charge in [-0.05, 0) is 24.5 Å². The minimum atomic E-state index is 0.0729. The van der Waals surface area contributed by atoms with Crippen molar-refractivity contribution in [2.24, 2.45) is 5.92 Å². The van der Waals surface area contributed by atoms with E-state index >= 15 is 0 Å². The maximum Gasteiger partial charge on any atom is 0.142 e. The van der Waals surface area contributed by atoms with E-state index in [1.807, 2.05) is 6.07 Å². The number of hydrogen-bond acceptors (Lipinski definition) is 3. The molecule has 2 N–H and O–H groups in total. The van der Waals surface area contributed by atoms with Gasteiger partial charge >= 0.3 is 0 Å². The lowest BCUT2D eigenvalue weighted by Gasteiger charge is -2.31. The van der Waals surface area contributed by atoms with Crippen molar-refractivity contribution in [3.05, 3.63) is 27.7 Å². The first-order valence-electron chi connectivity index (χ1n) is 7.00. The van der Waals surface area contributed by atoms with Crippen LogP contribution >= 0.6 is 23.2 Å². The van der Waals surface area contributed by atoms with Crippen LogP contribution in [0, 0.1) is 5.92 Å². The Labute approximate surface area is 130 Å². The number of nitrogens with one attached hydrogen (secondary N) is 1. The van der Waals surface area contributed by atoms with Crippen LogP contribution in [0.1, 0.15) is 38.3 Å². The lowest BCUT2D eigenvalue weighted by molar-refractivity contribution is 0.190. The molecule has 20 heavy (non-hydrogen) atoms. The van der Waals surface area contributed by atoms with Crippen molar-refractivity contribution in [3.63, 3.8) is 0 Å². The summed E-state index contributed by atoms with van der Waals surface area (Å²) in [6.45, 7) is 5.04. The monoisotopic (exact) mass is 317 g/mol. The Hall–Kier alpha value is -0.480. The average Bonchev–Trinajstić information content (AvgIpc) is 2.38. The van der Waals surface area contributed by atoms with Crippen molar-refractivity contribution in [2.45, 2.75) is 38.8 Å². The fraction of sp³-hybridized carbons (Fsp3) is 0.600. The summed E-state index contributed by atoms with van der Waals surface area (Å²) in [7, 11) is 0. The number of halogens is 2. The highest BCUT2D eigenvalue weighted by Gasteiger charge is 2.26. The highest BCUT2D eigenvalue weighted by Crippen LogP contribution is 2.40. The first-order valence-corrected chi connectivity index (χ1v) is 7.75. The van der Waals surface area contributed by atoms with Crippen LogP contribution in [0.4, 0.5) is 0 Å². The van der Waals surface area contributed by atoms with Crippen LogP contribution in [-0.4, -0.2) is 24.4 Å². The number of benzene rings is 1. The molecule has 1 aliphatic heterocycles. The van der Waals surface area contributed by atoms with E-state index in [0.29, 0.717) is 28.3 Å². The van der Waals surface area contributed by atoms with Gasteiger partial charge in [0.15, 0.2) is 0 Å². The number of aliphatic hydroxyl groups is 1. The topological polar surface area (TPSA) is 41.5 Å². The van der Waals surface area contributed by atoms with Gasteiger partial charge in [0, 0.05) is 29.1 Å². The second kappa shape index (κ2) is 6.99. The number of fused-ring (bicyclic) bond motifs is 1. The molecule has 2 atom stereocenters. The molecule has 0 saturated heterocycles. The van der Waals surface area contributed by atoms with Crippen LogP contribution in [0.5, 0.6) is 5.75 Å². The summed E-state index contributed by atoms with van der Waals surface area (Å²) in [6, 6.07) is 3.78. The number of aliphatic hydroxyl groups excluding tert-OH is 1. The summed E-state index contributed by atoms with van der Waals surface area (Å²) in [4.78, 5) is 0. The highest BCUT2D eigenvalue weighted by molar-refractivity contribution is 6.35. The van der Waals surface area contributed by atoms with E-state index in [1.54, 1.807) is 6.07 Å². The van der Waals surface area contributed by atoms with Crippen LogP contribution in [0.2, 0.25) is 10.0 Å². The van der Waals surface area contributed by atoms with Crippen molar-refractivity contribution in [2.75, 3.05) is 13.2 Å². The molecule has 1 aromatic rings. The molecule has 3 nitrogen and oxygen atoms in total. The third-order valence-electron chi connectivity index (χ3n) is 3.48. The zero-order valence-electron chi connectivity index (χ0n) is 11.8. The molecule has 5 heteroatoms. The average molecular weight is 318 g/mol. The van der Waals surface area contributed by atoms with Crippen molar-refractivity contribution in [1.82, 2.24) is 5.32 Å². The Balaban J connectivity index is 2.19. The number of ether oxygens (including phenoxy) is 1. The molecule has 0 bridgehead atoms. The van der Waals surface area contributed by atoms with Crippen molar-refractivity contribution in [3.8, 4) is 5.75 Å². The molecule has 0 spiro atoms. The normalized spacial score (nSPS) is 19.6. The maximum absolute atomic E-state index is 9.52. The first kappa shape index (κ1) is 15.9. The molecule has 0 saturated carbocycles. The van der Waals surface area contributed by atoms with Gasteiger partial charge in [0.25, 0.3) is 0 Å². The molecule has 0 aromatic heterocycles. The number of rotatable bonds is 5. The van der Waals surface area contributed by atoms with Crippen LogP contribution in [0.15, 0.2) is 12.1 Å². The predicted octanol–water partition coefficient (Wildman–Crippen LogP) is 3.81. The second-order valence-corrected chi connectivity index (χ2v) is 6.52. The molecule has 0 aliphatic carbocycles. The van der Waals surface area contributed by atoms with E-state index in [4.69, 9.17) is 27.9 Å². The van der Waals surface area contributed by atoms with Gasteiger partial charge in [0.05, 0.1) is 18.2 Å². The molecule has 2 rings (SSSR count). The summed E-state index contributed by atoms with van der Waals surface area (Å²) in [5, 5.41) is 14.2. The molecule has 0 radical (unpaired) electrons. The van der Waals surface area contributed by atoms with E-state index < -0.39 is 0 Å². The molecule has 0 amide bonds. The standard InChI is InChI=1S/C15H21Cl2NO2/c1-9(2)5-11(8-19)18-14-3-4-20-15-12(14)6-10(16)7-13(15)17/h6-7,9,11,14,18-19H,3-5,8H2,1-2H3. The predicted molar refractivity (Wildman–Crippen MR) is 82.8 cm³/mol. The molecule has 112 valence electrons. The van der Waals surface area contributed by atoms with E-state index in [9.17, 15) is 5.11 Å². The summed E-state index contributed by atoms with van der Waals surface area (Å²) in [5.74, 6) is 1.24. The second-order valence-electron chi connectivity index (χ2n) is 5.67. The Morgan fingerprint density at radius 2 is 2.15 bits per heavy atom. The van der Waals surface area contributed by atoms with E-state index in [0.717, 1.165) is 18.4 Å². The Kier molecular flexibility index (Phi) is 5.56. The lowest BCUT2D eigenvalue weighted by Crippen LogP contribution is -2.38. The van der Waals surface area contributed by atoms with Gasteiger partial charge in [-0.2, -0.15) is 0 Å². The smallest absolute Gasteiger partial charge is 0.142 e. The van der Waals surface area contributed by atoms with Crippen LogP contribution in [0.25, 0.3) is 0 Å². The third-order valence-corrected chi connectivity index (χ3v) is 3.98. The fourth-order valence-corrected chi connectivity index (χ4v) is 3.21. The summed E-state index contributed by atoms with van der Waals surface area (Å²) in [6.07, 6.45) is 1.77. The largest absolute Gasteiger partial charge is 0.492 e. The van der Waals surface area contributed by atoms with Gasteiger partial charge in [0.1, 0.15) is 5.75 Å². The Morgan fingerprint density at radius 3 is 2.80 bits per heavy atom. The SMILES string of the molecule is CC(C)CC(CO)NC1CCOc2c(Cl)cc(Cl)cc21. The number of hydrogen-bond donors (Lipinski definition) is 2. The van der Waals surface area contributed by atoms with Crippen molar-refractivity contribution in [1.29, 1.82) is 0 Å². The molecular formula is C15H21Cl2NO2. The zero-order chi connectivity index (χ0) is 14.7. The van der Waals surface area contributed by atoms with Gasteiger partial charge in [-0.3, -0.25) is 0 Å². The molecule has 1 heterocycles. The molecule has 2 unspecified atom stereocenters. The van der Waals surface area contributed by atoms with Gasteiger partial charge in [0.2, 0.25) is 0 Å². The van der Waals surface area contributed by atoms with Crippen LogP contribution in [0.3, 0.4) is 0 Å². The van der Waals surface area contributed by atoms with E-state index in [2.05, 4.69) is 19.2 Å². The van der Waals surface area contributed by atoms with Gasteiger partial charge in [-0.15, -0.1) is 0 Å². The summed E-state index contributed by atoms with van der Waals surface area (Å²) >= 11 is 12.3. The summed E-state index contributed by atoms with van der Waals surface area (Å²) < 4.78 is 5.64. The molecular weight excluding hydrogens is 297 g/mol. The quantitative estimate of drug-likeness (QED) is 0.867. The van der Waals surface area contributed by atoms with Gasteiger partial charge < -0.3 is 15.2 Å². The maximum atomic E-state index is 9.52.